The van der Waals surface area contributed by atoms with Gasteiger partial charge in [-0.25, -0.2) is 4.99 Å². The highest BCUT2D eigenvalue weighted by Crippen LogP contribution is 2.17. The van der Waals surface area contributed by atoms with Crippen LogP contribution in [0.15, 0.2) is 66.0 Å². The normalized spacial score (nSPS) is 11.6. The van der Waals surface area contributed by atoms with E-state index < -0.39 is 0 Å². The molecule has 0 aliphatic heterocycles. The number of hydrogen-bond donors (Lipinski definition) is 3. The molecule has 0 amide bonds. The largest absolute Gasteiger partial charge is 0.497 e. The Morgan fingerprint density at radius 2 is 1.91 bits per heavy atom. The van der Waals surface area contributed by atoms with Crippen LogP contribution in [0.2, 0.25) is 0 Å². The fourth-order valence-corrected chi connectivity index (χ4v) is 3.76. The number of methoxy groups -OCH3 is 1. The molecule has 0 saturated heterocycles. The first-order valence-electron chi connectivity index (χ1n) is 11.3. The van der Waals surface area contributed by atoms with Gasteiger partial charge in [-0.3, -0.25) is 0 Å². The quantitative estimate of drug-likeness (QED) is 0.257. The average molecular weight is 446 g/mol. The van der Waals surface area contributed by atoms with Gasteiger partial charge in [0.15, 0.2) is 5.96 Å². The number of nitrogens with one attached hydrogen (secondary N) is 3. The molecule has 0 aliphatic carbocycles. The fourth-order valence-electron chi connectivity index (χ4n) is 3.76. The van der Waals surface area contributed by atoms with Crippen LogP contribution in [0, 0.1) is 0 Å². The van der Waals surface area contributed by atoms with Crippen molar-refractivity contribution in [1.29, 1.82) is 0 Å². The topological polar surface area (TPSA) is 92.2 Å². The summed E-state index contributed by atoms with van der Waals surface area (Å²) in [5, 5.41) is 16.4. The summed E-state index contributed by atoms with van der Waals surface area (Å²) >= 11 is 0. The third-order valence-electron chi connectivity index (χ3n) is 5.60. The standard InChI is InChI=1S/C25H31N7O/c1-3-24-31-30-18-32(24)15-14-27-25(29-16-19-8-10-21(33-2)11-9-19)26-13-12-20-17-28-23-7-5-4-6-22(20)23/h4-11,17-18,28H,3,12-16H2,1-2H3,(H2,26,27,29). The van der Waals surface area contributed by atoms with Gasteiger partial charge >= 0.3 is 0 Å². The van der Waals surface area contributed by atoms with Gasteiger partial charge in [-0.05, 0) is 35.7 Å². The molecule has 2 aromatic heterocycles. The molecule has 0 radical (unpaired) electrons. The third kappa shape index (κ3) is 5.91. The van der Waals surface area contributed by atoms with Crippen LogP contribution >= 0.6 is 0 Å². The van der Waals surface area contributed by atoms with Gasteiger partial charge in [0.1, 0.15) is 17.9 Å². The zero-order valence-corrected chi connectivity index (χ0v) is 19.2. The van der Waals surface area contributed by atoms with E-state index in [0.29, 0.717) is 6.54 Å². The van der Waals surface area contributed by atoms with E-state index in [4.69, 9.17) is 9.73 Å². The van der Waals surface area contributed by atoms with E-state index in [-0.39, 0.29) is 0 Å². The molecule has 0 saturated carbocycles. The third-order valence-corrected chi connectivity index (χ3v) is 5.60. The van der Waals surface area contributed by atoms with Gasteiger partial charge in [0.25, 0.3) is 0 Å². The van der Waals surface area contributed by atoms with Crippen molar-refractivity contribution in [1.82, 2.24) is 30.4 Å². The second-order valence-electron chi connectivity index (χ2n) is 7.77. The van der Waals surface area contributed by atoms with Gasteiger partial charge < -0.3 is 24.9 Å². The lowest BCUT2D eigenvalue weighted by molar-refractivity contribution is 0.414. The molecule has 0 atom stereocenters. The lowest BCUT2D eigenvalue weighted by Gasteiger charge is -2.13. The molecule has 0 fully saturated rings. The number of rotatable bonds is 10. The first-order chi connectivity index (χ1) is 16.3. The Morgan fingerprint density at radius 1 is 1.09 bits per heavy atom. The molecular formula is C25H31N7O. The van der Waals surface area contributed by atoms with Crippen molar-refractivity contribution in [3.8, 4) is 5.75 Å². The fraction of sp³-hybridized carbons (Fsp3) is 0.320. The molecule has 2 heterocycles. The maximum atomic E-state index is 5.25. The van der Waals surface area contributed by atoms with Gasteiger partial charge in [-0.15, -0.1) is 10.2 Å². The van der Waals surface area contributed by atoms with Crippen molar-refractivity contribution in [2.24, 2.45) is 4.99 Å². The van der Waals surface area contributed by atoms with Crippen molar-refractivity contribution in [3.05, 3.63) is 78.0 Å². The summed E-state index contributed by atoms with van der Waals surface area (Å²) in [6.45, 7) is 4.96. The van der Waals surface area contributed by atoms with Crippen LogP contribution in [0.25, 0.3) is 10.9 Å². The molecule has 33 heavy (non-hydrogen) atoms. The predicted molar refractivity (Wildman–Crippen MR) is 132 cm³/mol. The first kappa shape index (κ1) is 22.4. The lowest BCUT2D eigenvalue weighted by atomic mass is 10.1. The van der Waals surface area contributed by atoms with E-state index in [9.17, 15) is 0 Å². The smallest absolute Gasteiger partial charge is 0.191 e. The highest BCUT2D eigenvalue weighted by Gasteiger charge is 2.06. The number of fused-ring (bicyclic) bond motifs is 1. The molecule has 0 unspecified atom stereocenters. The summed E-state index contributed by atoms with van der Waals surface area (Å²) in [4.78, 5) is 8.14. The van der Waals surface area contributed by atoms with Crippen LogP contribution in [0.3, 0.4) is 0 Å². The minimum Gasteiger partial charge on any atom is -0.497 e. The zero-order chi connectivity index (χ0) is 22.9. The van der Waals surface area contributed by atoms with Crippen LogP contribution in [0.1, 0.15) is 23.9 Å². The van der Waals surface area contributed by atoms with Gasteiger partial charge in [-0.2, -0.15) is 0 Å². The number of nitrogens with zero attached hydrogens (tertiary/aromatic N) is 4. The molecule has 3 N–H and O–H groups in total. The summed E-state index contributed by atoms with van der Waals surface area (Å²) in [7, 11) is 1.67. The number of H-pyrrole nitrogens is 1. The second kappa shape index (κ2) is 11.2. The van der Waals surface area contributed by atoms with Crippen LogP contribution < -0.4 is 15.4 Å². The van der Waals surface area contributed by atoms with Gasteiger partial charge in [0, 0.05) is 43.2 Å². The van der Waals surface area contributed by atoms with Gasteiger partial charge in [-0.1, -0.05) is 37.3 Å². The molecular weight excluding hydrogens is 414 g/mol. The first-order valence-corrected chi connectivity index (χ1v) is 11.3. The van der Waals surface area contributed by atoms with Crippen LogP contribution in [-0.2, 0) is 25.9 Å². The average Bonchev–Trinajstić information content (AvgIpc) is 3.49. The molecule has 0 bridgehead atoms. The van der Waals surface area contributed by atoms with Crippen molar-refractivity contribution in [3.63, 3.8) is 0 Å². The maximum Gasteiger partial charge on any atom is 0.191 e. The molecule has 172 valence electrons. The molecule has 0 aliphatic rings. The van der Waals surface area contributed by atoms with E-state index in [1.54, 1.807) is 13.4 Å². The molecule has 2 aromatic carbocycles. The molecule has 8 nitrogen and oxygen atoms in total. The highest BCUT2D eigenvalue weighted by molar-refractivity contribution is 5.83. The number of ether oxygens (including phenoxy) is 1. The molecule has 8 heteroatoms. The predicted octanol–water partition coefficient (Wildman–Crippen LogP) is 3.31. The number of para-hydroxylation sites is 1. The van der Waals surface area contributed by atoms with E-state index >= 15 is 0 Å². The Hall–Kier alpha value is -3.81. The van der Waals surface area contributed by atoms with Crippen LogP contribution in [0.5, 0.6) is 5.75 Å². The number of guanidine groups is 1. The summed E-state index contributed by atoms with van der Waals surface area (Å²) < 4.78 is 7.32. The number of aliphatic imine (C=N–C) groups is 1. The van der Waals surface area contributed by atoms with Crippen LogP contribution in [0.4, 0.5) is 0 Å². The Labute approximate surface area is 194 Å². The van der Waals surface area contributed by atoms with Gasteiger partial charge in [0.05, 0.1) is 13.7 Å². The number of aromatic nitrogens is 4. The summed E-state index contributed by atoms with van der Waals surface area (Å²) in [6, 6.07) is 16.4. The van der Waals surface area contributed by atoms with Gasteiger partial charge in [0.2, 0.25) is 0 Å². The summed E-state index contributed by atoms with van der Waals surface area (Å²) in [5.41, 5.74) is 3.59. The maximum absolute atomic E-state index is 5.25. The van der Waals surface area contributed by atoms with Crippen LogP contribution in [-0.4, -0.2) is 45.9 Å². The summed E-state index contributed by atoms with van der Waals surface area (Å²) in [6.07, 6.45) is 5.63. The summed E-state index contributed by atoms with van der Waals surface area (Å²) in [5.74, 6) is 2.62. The zero-order valence-electron chi connectivity index (χ0n) is 19.2. The number of aromatic amines is 1. The minimum atomic E-state index is 0.583. The lowest BCUT2D eigenvalue weighted by Crippen LogP contribution is -2.40. The second-order valence-corrected chi connectivity index (χ2v) is 7.77. The molecule has 4 rings (SSSR count). The highest BCUT2D eigenvalue weighted by atomic mass is 16.5. The monoisotopic (exact) mass is 445 g/mol. The number of benzene rings is 2. The minimum absolute atomic E-state index is 0.583. The van der Waals surface area contributed by atoms with Crippen molar-refractivity contribution >= 4 is 16.9 Å². The Bertz CT molecular complexity index is 1180. The van der Waals surface area contributed by atoms with Crippen molar-refractivity contribution in [2.45, 2.75) is 32.9 Å². The SMILES string of the molecule is CCc1nncn1CCNC(=NCc1ccc(OC)cc1)NCCc1c[nH]c2ccccc12. The van der Waals surface area contributed by atoms with Crippen molar-refractivity contribution in [2.75, 3.05) is 20.2 Å². The Balaban J connectivity index is 1.38. The number of aryl methyl sites for hydroxylation is 1. The molecule has 4 aromatic rings. The number of hydrogen-bond acceptors (Lipinski definition) is 4. The van der Waals surface area contributed by atoms with E-state index in [0.717, 1.165) is 55.6 Å². The molecule has 0 spiro atoms. The Morgan fingerprint density at radius 3 is 2.73 bits per heavy atom. The van der Waals surface area contributed by atoms with E-state index in [2.05, 4.69) is 67.8 Å². The van der Waals surface area contributed by atoms with E-state index in [1.807, 2.05) is 24.3 Å². The van der Waals surface area contributed by atoms with Crippen molar-refractivity contribution < 1.29 is 4.74 Å². The Kier molecular flexibility index (Phi) is 7.58. The van der Waals surface area contributed by atoms with E-state index in [1.165, 1.54) is 16.5 Å².